The van der Waals surface area contributed by atoms with Crippen LogP contribution in [0.15, 0.2) is 42.7 Å². The summed E-state index contributed by atoms with van der Waals surface area (Å²) in [6.45, 7) is 5.41. The lowest BCUT2D eigenvalue weighted by Gasteiger charge is -2.34. The fourth-order valence-corrected chi connectivity index (χ4v) is 3.76. The van der Waals surface area contributed by atoms with E-state index in [4.69, 9.17) is 10.5 Å². The molecule has 29 heavy (non-hydrogen) atoms. The van der Waals surface area contributed by atoms with Gasteiger partial charge in [0.2, 0.25) is 0 Å². The van der Waals surface area contributed by atoms with Crippen molar-refractivity contribution < 1.29 is 19.0 Å². The molecule has 1 amide bonds. The van der Waals surface area contributed by atoms with Gasteiger partial charge in [-0.1, -0.05) is 12.1 Å². The first-order valence-corrected chi connectivity index (χ1v) is 9.78. The third-order valence-electron chi connectivity index (χ3n) is 5.03. The zero-order valence-electron chi connectivity index (χ0n) is 17.0. The number of nitrogens with two attached hydrogens (primary N) is 1. The number of halogens is 1. The van der Waals surface area contributed by atoms with Crippen molar-refractivity contribution in [3.8, 4) is 0 Å². The lowest BCUT2D eigenvalue weighted by Crippen LogP contribution is -2.47. The lowest BCUT2D eigenvalue weighted by atomic mass is 10.0. The van der Waals surface area contributed by atoms with Gasteiger partial charge in [-0.15, -0.1) is 0 Å². The fraction of sp³-hybridized carbons (Fsp3) is 0.455. The van der Waals surface area contributed by atoms with Crippen molar-refractivity contribution in [1.82, 2.24) is 9.88 Å². The average Bonchev–Trinajstić information content (AvgIpc) is 3.05. The number of amides is 1. The first-order valence-electron chi connectivity index (χ1n) is 9.78. The van der Waals surface area contributed by atoms with E-state index >= 15 is 0 Å². The standard InChI is InChI=1S/C22H28FN3O3/c1-22(2,3)29-21(28)26-18(10-14-4-6-17(24)7-5-14)8-9-19(26)20(27)15-11-16(23)13-25-12-15/h4-7,11-13,18-20,27H,8-10,24H2,1-3H3/t18-,19+,20+/m0/s1. The first-order chi connectivity index (χ1) is 13.6. The molecule has 2 heterocycles. The Balaban J connectivity index is 1.86. The van der Waals surface area contributed by atoms with Crippen LogP contribution >= 0.6 is 0 Å². The Labute approximate surface area is 170 Å². The predicted molar refractivity (Wildman–Crippen MR) is 109 cm³/mol. The number of benzene rings is 1. The maximum Gasteiger partial charge on any atom is 0.410 e. The molecule has 1 aliphatic heterocycles. The highest BCUT2D eigenvalue weighted by Gasteiger charge is 2.43. The molecule has 1 fully saturated rings. The number of aromatic nitrogens is 1. The molecule has 3 atom stereocenters. The SMILES string of the molecule is CC(C)(C)OC(=O)N1[C@H](Cc2ccc(N)cc2)CC[C@@H]1[C@H](O)c1cncc(F)c1. The van der Waals surface area contributed by atoms with Crippen LogP contribution in [0.5, 0.6) is 0 Å². The van der Waals surface area contributed by atoms with Gasteiger partial charge in [-0.2, -0.15) is 0 Å². The van der Waals surface area contributed by atoms with Gasteiger partial charge in [0.25, 0.3) is 0 Å². The van der Waals surface area contributed by atoms with Crippen molar-refractivity contribution in [2.24, 2.45) is 0 Å². The number of aliphatic hydroxyl groups is 1. The molecule has 3 N–H and O–H groups in total. The lowest BCUT2D eigenvalue weighted by molar-refractivity contribution is -0.00462. The number of nitrogens with zero attached hydrogens (tertiary/aromatic N) is 2. The molecular weight excluding hydrogens is 373 g/mol. The minimum Gasteiger partial charge on any atom is -0.444 e. The highest BCUT2D eigenvalue weighted by Crippen LogP contribution is 2.36. The first kappa shape index (κ1) is 21.0. The van der Waals surface area contributed by atoms with Crippen molar-refractivity contribution >= 4 is 11.8 Å². The zero-order chi connectivity index (χ0) is 21.2. The van der Waals surface area contributed by atoms with Gasteiger partial charge in [-0.3, -0.25) is 9.88 Å². The molecule has 0 radical (unpaired) electrons. The molecule has 3 rings (SSSR count). The monoisotopic (exact) mass is 401 g/mol. The topological polar surface area (TPSA) is 88.7 Å². The third-order valence-corrected chi connectivity index (χ3v) is 5.03. The Morgan fingerprint density at radius 2 is 2.00 bits per heavy atom. The molecule has 2 aromatic rings. The van der Waals surface area contributed by atoms with Crippen LogP contribution in [0, 0.1) is 5.82 Å². The largest absolute Gasteiger partial charge is 0.444 e. The number of ether oxygens (including phenoxy) is 1. The summed E-state index contributed by atoms with van der Waals surface area (Å²) in [6.07, 6.45) is 2.87. The number of carbonyl (C=O) groups excluding carboxylic acids is 1. The maximum absolute atomic E-state index is 13.6. The van der Waals surface area contributed by atoms with Crippen molar-refractivity contribution in [1.29, 1.82) is 0 Å². The van der Waals surface area contributed by atoms with Gasteiger partial charge in [-0.25, -0.2) is 9.18 Å². The summed E-state index contributed by atoms with van der Waals surface area (Å²) in [6, 6.07) is 8.10. The summed E-state index contributed by atoms with van der Waals surface area (Å²) < 4.78 is 19.2. The van der Waals surface area contributed by atoms with Gasteiger partial charge < -0.3 is 15.6 Å². The van der Waals surface area contributed by atoms with E-state index in [9.17, 15) is 14.3 Å². The van der Waals surface area contributed by atoms with E-state index in [0.29, 0.717) is 30.5 Å². The van der Waals surface area contributed by atoms with E-state index in [-0.39, 0.29) is 6.04 Å². The molecule has 6 nitrogen and oxygen atoms in total. The van der Waals surface area contributed by atoms with Crippen LogP contribution in [-0.2, 0) is 11.2 Å². The van der Waals surface area contributed by atoms with Crippen LogP contribution in [0.4, 0.5) is 14.9 Å². The molecule has 1 aromatic heterocycles. The number of pyridine rings is 1. The molecule has 0 spiro atoms. The normalized spacial score (nSPS) is 20.5. The molecule has 0 unspecified atom stereocenters. The van der Waals surface area contributed by atoms with E-state index in [0.717, 1.165) is 11.8 Å². The molecule has 1 saturated heterocycles. The van der Waals surface area contributed by atoms with Crippen molar-refractivity contribution in [2.45, 2.75) is 63.8 Å². The summed E-state index contributed by atoms with van der Waals surface area (Å²) in [5.74, 6) is -0.526. The van der Waals surface area contributed by atoms with Crippen LogP contribution in [0.25, 0.3) is 0 Å². The Kier molecular flexibility index (Phi) is 6.07. The quantitative estimate of drug-likeness (QED) is 0.760. The predicted octanol–water partition coefficient (Wildman–Crippen LogP) is 3.85. The van der Waals surface area contributed by atoms with Gasteiger partial charge in [0, 0.05) is 23.5 Å². The van der Waals surface area contributed by atoms with Gasteiger partial charge in [-0.05, 0) is 63.8 Å². The van der Waals surface area contributed by atoms with Crippen LogP contribution in [0.2, 0.25) is 0 Å². The minimum absolute atomic E-state index is 0.144. The molecule has 1 aliphatic rings. The Hall–Kier alpha value is -2.67. The van der Waals surface area contributed by atoms with E-state index < -0.39 is 29.7 Å². The number of hydrogen-bond acceptors (Lipinski definition) is 5. The van der Waals surface area contributed by atoms with Crippen molar-refractivity contribution in [3.05, 3.63) is 59.7 Å². The average molecular weight is 401 g/mol. The van der Waals surface area contributed by atoms with Gasteiger partial charge in [0.05, 0.1) is 12.2 Å². The number of nitrogen functional groups attached to an aromatic ring is 1. The maximum atomic E-state index is 13.6. The summed E-state index contributed by atoms with van der Waals surface area (Å²) in [4.78, 5) is 18.4. The fourth-order valence-electron chi connectivity index (χ4n) is 3.76. The second-order valence-corrected chi connectivity index (χ2v) is 8.51. The number of carbonyl (C=O) groups is 1. The van der Waals surface area contributed by atoms with Gasteiger partial charge in [0.15, 0.2) is 0 Å². The number of likely N-dealkylation sites (tertiary alicyclic amines) is 1. The minimum atomic E-state index is -1.05. The molecular formula is C22H28FN3O3. The molecule has 0 aliphatic carbocycles. The molecule has 0 saturated carbocycles. The van der Waals surface area contributed by atoms with E-state index in [1.165, 1.54) is 12.3 Å². The van der Waals surface area contributed by atoms with E-state index in [1.807, 2.05) is 24.3 Å². The van der Waals surface area contributed by atoms with Gasteiger partial charge in [0.1, 0.15) is 17.5 Å². The van der Waals surface area contributed by atoms with Crippen LogP contribution in [-0.4, -0.2) is 38.8 Å². The molecule has 156 valence electrons. The summed E-state index contributed by atoms with van der Waals surface area (Å²) in [5.41, 5.74) is 7.16. The number of rotatable bonds is 4. The summed E-state index contributed by atoms with van der Waals surface area (Å²) in [7, 11) is 0. The Bertz CT molecular complexity index is 851. The number of aliphatic hydroxyl groups excluding tert-OH is 1. The third kappa shape index (κ3) is 5.23. The van der Waals surface area contributed by atoms with E-state index in [2.05, 4.69) is 4.98 Å². The van der Waals surface area contributed by atoms with Gasteiger partial charge >= 0.3 is 6.09 Å². The zero-order valence-corrected chi connectivity index (χ0v) is 17.0. The van der Waals surface area contributed by atoms with Crippen LogP contribution < -0.4 is 5.73 Å². The Morgan fingerprint density at radius 1 is 1.31 bits per heavy atom. The second kappa shape index (κ2) is 8.37. The van der Waals surface area contributed by atoms with Crippen LogP contribution in [0.1, 0.15) is 50.8 Å². The summed E-state index contributed by atoms with van der Waals surface area (Å²) >= 11 is 0. The van der Waals surface area contributed by atoms with Crippen LogP contribution in [0.3, 0.4) is 0 Å². The number of hydrogen-bond donors (Lipinski definition) is 2. The molecule has 7 heteroatoms. The Morgan fingerprint density at radius 3 is 2.62 bits per heavy atom. The van der Waals surface area contributed by atoms with E-state index in [1.54, 1.807) is 25.7 Å². The van der Waals surface area contributed by atoms with Crippen molar-refractivity contribution in [2.75, 3.05) is 5.73 Å². The smallest absolute Gasteiger partial charge is 0.410 e. The second-order valence-electron chi connectivity index (χ2n) is 8.51. The number of anilines is 1. The molecule has 1 aromatic carbocycles. The summed E-state index contributed by atoms with van der Waals surface area (Å²) in [5, 5.41) is 10.9. The highest BCUT2D eigenvalue weighted by atomic mass is 19.1. The van der Waals surface area contributed by atoms with Crippen molar-refractivity contribution in [3.63, 3.8) is 0 Å². The molecule has 0 bridgehead atoms. The highest BCUT2D eigenvalue weighted by molar-refractivity contribution is 5.69.